The minimum Gasteiger partial charge on any atom is -0.390 e. The highest BCUT2D eigenvalue weighted by atomic mass is 32.2. The molecule has 0 spiro atoms. The maximum Gasteiger partial charge on any atom is 0.195 e. The monoisotopic (exact) mass is 292 g/mol. The van der Waals surface area contributed by atoms with E-state index in [4.69, 9.17) is 0 Å². The van der Waals surface area contributed by atoms with Gasteiger partial charge in [-0.1, -0.05) is 0 Å². The molecule has 98 valence electrons. The van der Waals surface area contributed by atoms with Gasteiger partial charge in [0.15, 0.2) is 10.1 Å². The number of aliphatic hydroxyl groups is 1. The number of aliphatic hydroxyl groups excluding tert-OH is 1. The molecule has 19 heavy (non-hydrogen) atoms. The van der Waals surface area contributed by atoms with E-state index in [0.717, 1.165) is 27.1 Å². The van der Waals surface area contributed by atoms with E-state index >= 15 is 0 Å². The fourth-order valence-corrected chi connectivity index (χ4v) is 3.62. The third-order valence-corrected chi connectivity index (χ3v) is 4.27. The van der Waals surface area contributed by atoms with Crippen LogP contribution in [0.1, 0.15) is 17.1 Å². The van der Waals surface area contributed by atoms with Crippen molar-refractivity contribution in [1.82, 2.24) is 19.4 Å². The quantitative estimate of drug-likeness (QED) is 0.751. The summed E-state index contributed by atoms with van der Waals surface area (Å²) in [5.74, 6) is 0. The number of nitrogens with zero attached hydrogens (tertiary/aromatic N) is 4. The molecule has 3 aromatic heterocycles. The van der Waals surface area contributed by atoms with Gasteiger partial charge in [0, 0.05) is 23.0 Å². The molecule has 0 amide bonds. The van der Waals surface area contributed by atoms with Crippen LogP contribution in [0.2, 0.25) is 0 Å². The normalized spacial score (nSPS) is 11.3. The lowest BCUT2D eigenvalue weighted by Gasteiger charge is -2.02. The van der Waals surface area contributed by atoms with Crippen LogP contribution < -0.4 is 0 Å². The Morgan fingerprint density at radius 2 is 2.00 bits per heavy atom. The van der Waals surface area contributed by atoms with Crippen LogP contribution in [0.25, 0.3) is 4.96 Å². The lowest BCUT2D eigenvalue weighted by atomic mass is 10.4. The molecule has 0 aliphatic heterocycles. The second kappa shape index (κ2) is 4.92. The first-order chi connectivity index (χ1) is 9.17. The summed E-state index contributed by atoms with van der Waals surface area (Å²) in [5.41, 5.74) is 2.65. The predicted octanol–water partition coefficient (Wildman–Crippen LogP) is 2.45. The molecule has 0 radical (unpaired) electrons. The van der Waals surface area contributed by atoms with Crippen molar-refractivity contribution >= 4 is 28.1 Å². The van der Waals surface area contributed by atoms with Crippen LogP contribution in [0.15, 0.2) is 27.8 Å². The summed E-state index contributed by atoms with van der Waals surface area (Å²) in [5, 5.41) is 12.9. The van der Waals surface area contributed by atoms with Crippen molar-refractivity contribution in [3.8, 4) is 0 Å². The molecular formula is C12H12N4OS2. The summed E-state index contributed by atoms with van der Waals surface area (Å²) in [7, 11) is 0. The Morgan fingerprint density at radius 3 is 2.68 bits per heavy atom. The van der Waals surface area contributed by atoms with Gasteiger partial charge in [0.05, 0.1) is 12.3 Å². The molecule has 0 saturated heterocycles. The number of hydrogen-bond donors (Lipinski definition) is 1. The first-order valence-electron chi connectivity index (χ1n) is 5.73. The maximum atomic E-state index is 9.50. The molecule has 1 N–H and O–H groups in total. The van der Waals surface area contributed by atoms with Crippen molar-refractivity contribution in [2.24, 2.45) is 0 Å². The summed E-state index contributed by atoms with van der Waals surface area (Å²) < 4.78 is 1.90. The van der Waals surface area contributed by atoms with Gasteiger partial charge < -0.3 is 5.11 Å². The minimum atomic E-state index is -0.0506. The number of thiazole rings is 1. The van der Waals surface area contributed by atoms with Crippen molar-refractivity contribution < 1.29 is 5.11 Å². The van der Waals surface area contributed by atoms with Crippen molar-refractivity contribution in [2.75, 3.05) is 0 Å². The Balaban J connectivity index is 2.02. The molecule has 7 heteroatoms. The molecular weight excluding hydrogens is 280 g/mol. The zero-order valence-corrected chi connectivity index (χ0v) is 12.1. The SMILES string of the molecule is Cc1cc(C)nc(Sc2nc3sccn3c2CO)n1. The van der Waals surface area contributed by atoms with Gasteiger partial charge in [-0.25, -0.2) is 15.0 Å². The maximum absolute atomic E-state index is 9.50. The molecule has 0 saturated carbocycles. The first-order valence-corrected chi connectivity index (χ1v) is 7.42. The van der Waals surface area contributed by atoms with E-state index in [-0.39, 0.29) is 6.61 Å². The van der Waals surface area contributed by atoms with E-state index < -0.39 is 0 Å². The highest BCUT2D eigenvalue weighted by Gasteiger charge is 2.15. The van der Waals surface area contributed by atoms with Crippen molar-refractivity contribution in [3.63, 3.8) is 0 Å². The van der Waals surface area contributed by atoms with E-state index in [1.807, 2.05) is 35.9 Å². The van der Waals surface area contributed by atoms with E-state index in [0.29, 0.717) is 5.16 Å². The van der Waals surface area contributed by atoms with E-state index in [2.05, 4.69) is 15.0 Å². The van der Waals surface area contributed by atoms with Gasteiger partial charge >= 0.3 is 0 Å². The molecule has 0 aromatic carbocycles. The fraction of sp³-hybridized carbons (Fsp3) is 0.250. The lowest BCUT2D eigenvalue weighted by molar-refractivity contribution is 0.272. The van der Waals surface area contributed by atoms with Gasteiger partial charge in [-0.05, 0) is 31.7 Å². The van der Waals surface area contributed by atoms with Crippen LogP contribution in [-0.2, 0) is 6.61 Å². The Hall–Kier alpha value is -1.44. The first kappa shape index (κ1) is 12.6. The zero-order valence-electron chi connectivity index (χ0n) is 10.5. The molecule has 0 fully saturated rings. The summed E-state index contributed by atoms with van der Waals surface area (Å²) in [6.45, 7) is 3.83. The van der Waals surface area contributed by atoms with Crippen molar-refractivity contribution in [2.45, 2.75) is 30.6 Å². The van der Waals surface area contributed by atoms with Gasteiger partial charge in [0.25, 0.3) is 0 Å². The second-order valence-electron chi connectivity index (χ2n) is 4.11. The van der Waals surface area contributed by atoms with Gasteiger partial charge in [-0.2, -0.15) is 0 Å². The number of imidazole rings is 1. The molecule has 3 aromatic rings. The van der Waals surface area contributed by atoms with Crippen LogP contribution in [0, 0.1) is 13.8 Å². The van der Waals surface area contributed by atoms with E-state index in [1.54, 1.807) is 11.3 Å². The predicted molar refractivity (Wildman–Crippen MR) is 74.6 cm³/mol. The second-order valence-corrected chi connectivity index (χ2v) is 5.94. The summed E-state index contributed by atoms with van der Waals surface area (Å²) in [4.78, 5) is 14.1. The van der Waals surface area contributed by atoms with E-state index in [1.165, 1.54) is 11.8 Å². The Bertz CT molecular complexity index is 714. The number of fused-ring (bicyclic) bond motifs is 1. The van der Waals surface area contributed by atoms with Crippen LogP contribution >= 0.6 is 23.1 Å². The van der Waals surface area contributed by atoms with Crippen LogP contribution in [0.4, 0.5) is 0 Å². The number of aromatic nitrogens is 4. The highest BCUT2D eigenvalue weighted by molar-refractivity contribution is 7.99. The zero-order chi connectivity index (χ0) is 13.4. The minimum absolute atomic E-state index is 0.0506. The standard InChI is InChI=1S/C12H12N4OS2/c1-7-5-8(2)14-11(13-7)19-10-9(6-17)16-3-4-18-12(16)15-10/h3-5,17H,6H2,1-2H3. The van der Waals surface area contributed by atoms with Crippen LogP contribution in [0.3, 0.4) is 0 Å². The van der Waals surface area contributed by atoms with Crippen LogP contribution in [-0.4, -0.2) is 24.5 Å². The Morgan fingerprint density at radius 1 is 1.26 bits per heavy atom. The van der Waals surface area contributed by atoms with Gasteiger partial charge in [-0.3, -0.25) is 4.40 Å². The summed E-state index contributed by atoms with van der Waals surface area (Å²) in [6.07, 6.45) is 1.91. The van der Waals surface area contributed by atoms with Crippen molar-refractivity contribution in [1.29, 1.82) is 0 Å². The molecule has 0 unspecified atom stereocenters. The van der Waals surface area contributed by atoms with Gasteiger partial charge in [0.2, 0.25) is 0 Å². The van der Waals surface area contributed by atoms with Crippen LogP contribution in [0.5, 0.6) is 0 Å². The molecule has 0 aliphatic carbocycles. The van der Waals surface area contributed by atoms with E-state index in [9.17, 15) is 5.11 Å². The van der Waals surface area contributed by atoms with Crippen molar-refractivity contribution in [3.05, 3.63) is 34.7 Å². The Kier molecular flexibility index (Phi) is 3.26. The number of aryl methyl sites for hydroxylation is 2. The molecule has 0 atom stereocenters. The third-order valence-electron chi connectivity index (χ3n) is 2.62. The average Bonchev–Trinajstić information content (AvgIpc) is 2.87. The average molecular weight is 292 g/mol. The summed E-state index contributed by atoms with van der Waals surface area (Å²) in [6, 6.07) is 1.93. The Labute approximate surface area is 118 Å². The summed E-state index contributed by atoms with van der Waals surface area (Å²) >= 11 is 2.93. The smallest absolute Gasteiger partial charge is 0.195 e. The molecule has 5 nitrogen and oxygen atoms in total. The molecule has 0 bridgehead atoms. The highest BCUT2D eigenvalue weighted by Crippen LogP contribution is 2.30. The largest absolute Gasteiger partial charge is 0.390 e. The van der Waals surface area contributed by atoms with Gasteiger partial charge in [0.1, 0.15) is 5.03 Å². The fourth-order valence-electron chi connectivity index (χ4n) is 1.86. The number of hydrogen-bond acceptors (Lipinski definition) is 6. The topological polar surface area (TPSA) is 63.3 Å². The number of rotatable bonds is 3. The molecule has 0 aliphatic rings. The van der Waals surface area contributed by atoms with Gasteiger partial charge in [-0.15, -0.1) is 11.3 Å². The molecule has 3 rings (SSSR count). The third kappa shape index (κ3) is 2.36. The molecule has 3 heterocycles. The lowest BCUT2D eigenvalue weighted by Crippen LogP contribution is -1.95.